The molecule has 0 aliphatic heterocycles. The number of hydrogen-bond donors (Lipinski definition) is 2. The lowest BCUT2D eigenvalue weighted by Gasteiger charge is -2.26. The third kappa shape index (κ3) is 2.95. The molecular weight excluding hydrogens is 258 g/mol. The van der Waals surface area contributed by atoms with Crippen LogP contribution in [0, 0.1) is 16.0 Å². The van der Waals surface area contributed by atoms with E-state index in [1.807, 2.05) is 0 Å². The van der Waals surface area contributed by atoms with Gasteiger partial charge in [0, 0.05) is 6.04 Å². The number of aromatic nitrogens is 1. The molecule has 7 nitrogen and oxygen atoms in total. The Morgan fingerprint density at radius 1 is 1.61 bits per heavy atom. The molecule has 18 heavy (non-hydrogen) atoms. The van der Waals surface area contributed by atoms with E-state index in [-0.39, 0.29) is 17.0 Å². The van der Waals surface area contributed by atoms with E-state index < -0.39 is 10.9 Å². The third-order valence-electron chi connectivity index (χ3n) is 3.02. The summed E-state index contributed by atoms with van der Waals surface area (Å²) < 4.78 is 0. The van der Waals surface area contributed by atoms with Crippen molar-refractivity contribution in [2.75, 3.05) is 5.32 Å². The van der Waals surface area contributed by atoms with Crippen LogP contribution in [0.4, 0.5) is 10.1 Å². The largest absolute Gasteiger partial charge is 0.481 e. The number of carboxylic acids is 1. The summed E-state index contributed by atoms with van der Waals surface area (Å²) in [7, 11) is 0. The number of carbonyl (C=O) groups is 1. The van der Waals surface area contributed by atoms with Crippen molar-refractivity contribution in [1.82, 2.24) is 4.98 Å². The molecule has 1 aromatic rings. The minimum Gasteiger partial charge on any atom is -0.481 e. The zero-order valence-corrected chi connectivity index (χ0v) is 10.4. The summed E-state index contributed by atoms with van der Waals surface area (Å²) in [5.41, 5.74) is 0. The Hall–Kier alpha value is -1.70. The summed E-state index contributed by atoms with van der Waals surface area (Å²) in [5, 5.41) is 23.0. The highest BCUT2D eigenvalue weighted by Gasteiger charge is 2.27. The number of carboxylic acid groups (broad SMARTS) is 1. The molecule has 2 rings (SSSR count). The maximum atomic E-state index is 10.9. The molecule has 98 valence electrons. The molecule has 1 aliphatic carbocycles. The molecule has 2 atom stereocenters. The predicted molar refractivity (Wildman–Crippen MR) is 65.8 cm³/mol. The van der Waals surface area contributed by atoms with Gasteiger partial charge in [-0.1, -0.05) is 6.42 Å². The van der Waals surface area contributed by atoms with Crippen LogP contribution in [-0.2, 0) is 4.79 Å². The normalized spacial score (nSPS) is 23.6. The van der Waals surface area contributed by atoms with Gasteiger partial charge in [0.05, 0.1) is 10.8 Å². The van der Waals surface area contributed by atoms with Crippen molar-refractivity contribution in [3.05, 3.63) is 16.3 Å². The molecule has 1 saturated carbocycles. The molecule has 0 saturated heterocycles. The van der Waals surface area contributed by atoms with Gasteiger partial charge >= 0.3 is 11.0 Å². The SMILES string of the molecule is O=C(O)C1CCCC(Nc2ncc([N+](=O)[O-])s2)C1. The van der Waals surface area contributed by atoms with Gasteiger partial charge in [0.2, 0.25) is 0 Å². The minimum absolute atomic E-state index is 0.0110. The van der Waals surface area contributed by atoms with E-state index in [1.54, 1.807) is 0 Å². The van der Waals surface area contributed by atoms with E-state index in [0.717, 1.165) is 24.2 Å². The molecule has 1 aliphatic rings. The number of nitro groups is 1. The predicted octanol–water partition coefficient (Wildman–Crippen LogP) is 2.11. The lowest BCUT2D eigenvalue weighted by atomic mass is 9.86. The molecule has 0 bridgehead atoms. The first kappa shape index (κ1) is 12.7. The number of aliphatic carboxylic acids is 1. The number of nitrogens with one attached hydrogen (secondary N) is 1. The van der Waals surface area contributed by atoms with Gasteiger partial charge in [-0.2, -0.15) is 0 Å². The van der Waals surface area contributed by atoms with Crippen LogP contribution in [0.25, 0.3) is 0 Å². The van der Waals surface area contributed by atoms with E-state index in [4.69, 9.17) is 5.11 Å². The second kappa shape index (κ2) is 5.30. The van der Waals surface area contributed by atoms with E-state index in [9.17, 15) is 14.9 Å². The van der Waals surface area contributed by atoms with Crippen LogP contribution in [-0.4, -0.2) is 27.0 Å². The second-order valence-electron chi connectivity index (χ2n) is 4.30. The maximum absolute atomic E-state index is 10.9. The average molecular weight is 271 g/mol. The van der Waals surface area contributed by atoms with Crippen LogP contribution in [0.15, 0.2) is 6.20 Å². The Bertz CT molecular complexity index is 462. The van der Waals surface area contributed by atoms with Crippen molar-refractivity contribution in [2.45, 2.75) is 31.7 Å². The van der Waals surface area contributed by atoms with Gasteiger partial charge in [0.1, 0.15) is 6.20 Å². The van der Waals surface area contributed by atoms with Gasteiger partial charge in [-0.05, 0) is 30.6 Å². The highest BCUT2D eigenvalue weighted by atomic mass is 32.1. The van der Waals surface area contributed by atoms with Crippen LogP contribution in [0.5, 0.6) is 0 Å². The van der Waals surface area contributed by atoms with Crippen LogP contribution in [0.2, 0.25) is 0 Å². The molecule has 2 unspecified atom stereocenters. The molecule has 8 heteroatoms. The molecule has 0 spiro atoms. The first-order valence-corrected chi connectivity index (χ1v) is 6.47. The fourth-order valence-electron chi connectivity index (χ4n) is 2.14. The monoisotopic (exact) mass is 271 g/mol. The number of anilines is 1. The lowest BCUT2D eigenvalue weighted by Crippen LogP contribution is -2.30. The van der Waals surface area contributed by atoms with Crippen LogP contribution in [0.1, 0.15) is 25.7 Å². The Morgan fingerprint density at radius 3 is 3.00 bits per heavy atom. The third-order valence-corrected chi connectivity index (χ3v) is 3.90. The van der Waals surface area contributed by atoms with Crippen molar-refractivity contribution >= 4 is 27.4 Å². The maximum Gasteiger partial charge on any atom is 0.345 e. The van der Waals surface area contributed by atoms with Crippen LogP contribution in [0.3, 0.4) is 0 Å². The number of thiazole rings is 1. The molecule has 0 aromatic carbocycles. The summed E-state index contributed by atoms with van der Waals surface area (Å²) in [4.78, 5) is 24.9. The van der Waals surface area contributed by atoms with E-state index in [2.05, 4.69) is 10.3 Å². The van der Waals surface area contributed by atoms with E-state index in [1.165, 1.54) is 6.20 Å². The molecule has 0 amide bonds. The Morgan fingerprint density at radius 2 is 2.39 bits per heavy atom. The summed E-state index contributed by atoms with van der Waals surface area (Å²) >= 11 is 0.976. The Labute approximate surface area is 107 Å². The van der Waals surface area contributed by atoms with Gasteiger partial charge in [-0.15, -0.1) is 0 Å². The zero-order valence-electron chi connectivity index (χ0n) is 9.54. The molecule has 1 heterocycles. The molecule has 1 fully saturated rings. The number of rotatable bonds is 4. The summed E-state index contributed by atoms with van der Waals surface area (Å²) in [6.07, 6.45) is 4.18. The van der Waals surface area contributed by atoms with Crippen molar-refractivity contribution in [3.63, 3.8) is 0 Å². The standard InChI is InChI=1S/C10H13N3O4S/c14-9(15)6-2-1-3-7(4-6)12-10-11-5-8(18-10)13(16)17/h5-7H,1-4H2,(H,11,12)(H,14,15). The molecule has 2 N–H and O–H groups in total. The minimum atomic E-state index is -0.772. The zero-order chi connectivity index (χ0) is 13.1. The van der Waals surface area contributed by atoms with Gasteiger partial charge in [0.15, 0.2) is 5.13 Å². The van der Waals surface area contributed by atoms with Gasteiger partial charge in [-0.25, -0.2) is 4.98 Å². The molecule has 1 aromatic heterocycles. The van der Waals surface area contributed by atoms with Crippen LogP contribution >= 0.6 is 11.3 Å². The van der Waals surface area contributed by atoms with Crippen molar-refractivity contribution in [2.24, 2.45) is 5.92 Å². The topological polar surface area (TPSA) is 105 Å². The van der Waals surface area contributed by atoms with Gasteiger partial charge in [-0.3, -0.25) is 14.9 Å². The molecular formula is C10H13N3O4S. The van der Waals surface area contributed by atoms with Gasteiger partial charge in [0.25, 0.3) is 0 Å². The fourth-order valence-corrected chi connectivity index (χ4v) is 2.85. The second-order valence-corrected chi connectivity index (χ2v) is 5.31. The fraction of sp³-hybridized carbons (Fsp3) is 0.600. The van der Waals surface area contributed by atoms with E-state index >= 15 is 0 Å². The lowest BCUT2D eigenvalue weighted by molar-refractivity contribution is -0.380. The Kier molecular flexibility index (Phi) is 3.75. The summed E-state index contributed by atoms with van der Waals surface area (Å²) in [6, 6.07) is 0.0330. The summed E-state index contributed by atoms with van der Waals surface area (Å²) in [6.45, 7) is 0. The highest BCUT2D eigenvalue weighted by molar-refractivity contribution is 7.18. The van der Waals surface area contributed by atoms with Crippen molar-refractivity contribution in [3.8, 4) is 0 Å². The first-order chi connectivity index (χ1) is 8.56. The number of hydrogen-bond acceptors (Lipinski definition) is 6. The Balaban J connectivity index is 1.96. The van der Waals surface area contributed by atoms with Crippen molar-refractivity contribution < 1.29 is 14.8 Å². The molecule has 0 radical (unpaired) electrons. The highest BCUT2D eigenvalue weighted by Crippen LogP contribution is 2.30. The quantitative estimate of drug-likeness (QED) is 0.641. The van der Waals surface area contributed by atoms with Crippen LogP contribution < -0.4 is 5.32 Å². The smallest absolute Gasteiger partial charge is 0.345 e. The average Bonchev–Trinajstić information content (AvgIpc) is 2.78. The number of nitrogens with zero attached hydrogens (tertiary/aromatic N) is 2. The summed E-state index contributed by atoms with van der Waals surface area (Å²) in [5.74, 6) is -1.10. The van der Waals surface area contributed by atoms with Crippen molar-refractivity contribution in [1.29, 1.82) is 0 Å². The van der Waals surface area contributed by atoms with Gasteiger partial charge < -0.3 is 10.4 Å². The van der Waals surface area contributed by atoms with E-state index in [0.29, 0.717) is 18.0 Å². The first-order valence-electron chi connectivity index (χ1n) is 5.66.